The molecule has 2 rings (SSSR count). The minimum absolute atomic E-state index is 0.0520. The Hall–Kier alpha value is -1.59. The zero-order valence-corrected chi connectivity index (χ0v) is 13.6. The highest BCUT2D eigenvalue weighted by Gasteiger charge is 2.18. The van der Waals surface area contributed by atoms with E-state index in [4.69, 9.17) is 11.6 Å². The van der Waals surface area contributed by atoms with Gasteiger partial charge in [0.1, 0.15) is 0 Å². The Kier molecular flexibility index (Phi) is 5.42. The van der Waals surface area contributed by atoms with Gasteiger partial charge in [0.05, 0.1) is 10.6 Å². The highest BCUT2D eigenvalue weighted by atomic mass is 35.5. The summed E-state index contributed by atoms with van der Waals surface area (Å²) in [4.78, 5) is 14.8. The number of thioether (sulfide) groups is 1. The molecule has 0 aromatic heterocycles. The molecule has 0 N–H and O–H groups in total. The van der Waals surface area contributed by atoms with Crippen LogP contribution < -0.4 is 0 Å². The van der Waals surface area contributed by atoms with Gasteiger partial charge in [-0.2, -0.15) is 0 Å². The highest BCUT2D eigenvalue weighted by molar-refractivity contribution is 7.98. The van der Waals surface area contributed by atoms with Gasteiger partial charge in [0.25, 0.3) is 5.91 Å². The van der Waals surface area contributed by atoms with Crippen molar-refractivity contribution >= 4 is 29.3 Å². The first-order valence-electron chi connectivity index (χ1n) is 6.45. The summed E-state index contributed by atoms with van der Waals surface area (Å²) in [5.74, 6) is -2.62. The van der Waals surface area contributed by atoms with E-state index >= 15 is 0 Å². The van der Waals surface area contributed by atoms with Crippen LogP contribution in [0.3, 0.4) is 0 Å². The van der Waals surface area contributed by atoms with Gasteiger partial charge < -0.3 is 4.90 Å². The average Bonchev–Trinajstić information content (AvgIpc) is 2.51. The van der Waals surface area contributed by atoms with Gasteiger partial charge in [-0.25, -0.2) is 8.78 Å². The van der Waals surface area contributed by atoms with Crippen LogP contribution in [0.5, 0.6) is 0 Å². The van der Waals surface area contributed by atoms with Gasteiger partial charge >= 0.3 is 0 Å². The fraction of sp³-hybridized carbons (Fsp3) is 0.188. The Bertz CT molecular complexity index is 691. The van der Waals surface area contributed by atoms with Crippen LogP contribution >= 0.6 is 23.4 Å². The Morgan fingerprint density at radius 2 is 1.77 bits per heavy atom. The first-order chi connectivity index (χ1) is 10.4. The van der Waals surface area contributed by atoms with E-state index in [1.807, 2.05) is 30.5 Å². The quantitative estimate of drug-likeness (QED) is 0.597. The van der Waals surface area contributed by atoms with Gasteiger partial charge in [-0.15, -0.1) is 11.8 Å². The topological polar surface area (TPSA) is 20.3 Å². The minimum atomic E-state index is -1.09. The van der Waals surface area contributed by atoms with Crippen molar-refractivity contribution in [3.63, 3.8) is 0 Å². The third-order valence-corrected chi connectivity index (χ3v) is 4.22. The molecule has 116 valence electrons. The largest absolute Gasteiger partial charge is 0.337 e. The van der Waals surface area contributed by atoms with E-state index in [2.05, 4.69) is 0 Å². The number of benzene rings is 2. The van der Waals surface area contributed by atoms with Crippen LogP contribution in [-0.4, -0.2) is 24.1 Å². The Balaban J connectivity index is 2.16. The van der Waals surface area contributed by atoms with Gasteiger partial charge in [-0.05, 0) is 36.1 Å². The number of carbonyl (C=O) groups is 1. The van der Waals surface area contributed by atoms with Crippen LogP contribution in [0.15, 0.2) is 41.3 Å². The molecule has 0 bridgehead atoms. The molecule has 0 unspecified atom stereocenters. The summed E-state index contributed by atoms with van der Waals surface area (Å²) in [6, 6.07) is 9.40. The molecule has 0 aliphatic heterocycles. The SMILES string of the molecule is CSc1ccc(CN(C)C(=O)c2cc(F)c(F)cc2Cl)cc1. The molecule has 0 saturated carbocycles. The summed E-state index contributed by atoms with van der Waals surface area (Å²) in [5.41, 5.74) is 0.885. The lowest BCUT2D eigenvalue weighted by Crippen LogP contribution is -2.26. The molecular weight excluding hydrogens is 328 g/mol. The van der Waals surface area contributed by atoms with E-state index in [0.29, 0.717) is 6.54 Å². The molecule has 0 radical (unpaired) electrons. The van der Waals surface area contributed by atoms with E-state index in [0.717, 1.165) is 22.6 Å². The summed E-state index contributed by atoms with van der Waals surface area (Å²) < 4.78 is 26.3. The average molecular weight is 342 g/mol. The third-order valence-electron chi connectivity index (χ3n) is 3.17. The Morgan fingerprint density at radius 3 is 2.36 bits per heavy atom. The lowest BCUT2D eigenvalue weighted by molar-refractivity contribution is 0.0784. The van der Waals surface area contributed by atoms with Crippen LogP contribution in [0.4, 0.5) is 8.78 Å². The normalized spacial score (nSPS) is 10.6. The maximum Gasteiger partial charge on any atom is 0.255 e. The fourth-order valence-corrected chi connectivity index (χ4v) is 2.61. The number of carbonyl (C=O) groups excluding carboxylic acids is 1. The van der Waals surface area contributed by atoms with Gasteiger partial charge in [-0.3, -0.25) is 4.79 Å². The van der Waals surface area contributed by atoms with Crippen molar-refractivity contribution in [1.82, 2.24) is 4.90 Å². The molecule has 0 saturated heterocycles. The smallest absolute Gasteiger partial charge is 0.255 e. The molecule has 0 aliphatic rings. The van der Waals surface area contributed by atoms with E-state index in [9.17, 15) is 13.6 Å². The molecule has 0 heterocycles. The van der Waals surface area contributed by atoms with Crippen molar-refractivity contribution in [3.8, 4) is 0 Å². The maximum absolute atomic E-state index is 13.3. The van der Waals surface area contributed by atoms with Crippen LogP contribution in [0, 0.1) is 11.6 Å². The van der Waals surface area contributed by atoms with Crippen molar-refractivity contribution in [2.75, 3.05) is 13.3 Å². The molecule has 2 aromatic carbocycles. The van der Waals surface area contributed by atoms with Crippen LogP contribution in [0.25, 0.3) is 0 Å². The summed E-state index contributed by atoms with van der Waals surface area (Å²) in [7, 11) is 1.59. The first-order valence-corrected chi connectivity index (χ1v) is 8.05. The summed E-state index contributed by atoms with van der Waals surface area (Å²) in [6.07, 6.45) is 1.98. The lowest BCUT2D eigenvalue weighted by atomic mass is 10.1. The third kappa shape index (κ3) is 3.78. The van der Waals surface area contributed by atoms with Crippen molar-refractivity contribution < 1.29 is 13.6 Å². The number of nitrogens with zero attached hydrogens (tertiary/aromatic N) is 1. The zero-order chi connectivity index (χ0) is 16.3. The summed E-state index contributed by atoms with van der Waals surface area (Å²) in [6.45, 7) is 0.350. The predicted molar refractivity (Wildman–Crippen MR) is 85.4 cm³/mol. The summed E-state index contributed by atoms with van der Waals surface area (Å²) in [5, 5.41) is -0.103. The number of rotatable bonds is 4. The van der Waals surface area contributed by atoms with E-state index in [1.165, 1.54) is 4.90 Å². The first kappa shape index (κ1) is 16.8. The van der Waals surface area contributed by atoms with Crippen LogP contribution in [0.2, 0.25) is 5.02 Å². The number of halogens is 3. The van der Waals surface area contributed by atoms with Crippen LogP contribution in [-0.2, 0) is 6.54 Å². The van der Waals surface area contributed by atoms with Crippen molar-refractivity contribution in [2.45, 2.75) is 11.4 Å². The van der Waals surface area contributed by atoms with Gasteiger partial charge in [-0.1, -0.05) is 23.7 Å². The van der Waals surface area contributed by atoms with E-state index in [1.54, 1.807) is 18.8 Å². The molecule has 1 amide bonds. The lowest BCUT2D eigenvalue weighted by Gasteiger charge is -2.18. The van der Waals surface area contributed by atoms with Crippen molar-refractivity contribution in [1.29, 1.82) is 0 Å². The summed E-state index contributed by atoms with van der Waals surface area (Å²) >= 11 is 7.46. The second kappa shape index (κ2) is 7.11. The van der Waals surface area contributed by atoms with Crippen molar-refractivity contribution in [2.24, 2.45) is 0 Å². The number of amides is 1. The molecule has 2 nitrogen and oxygen atoms in total. The molecule has 2 aromatic rings. The number of hydrogen-bond donors (Lipinski definition) is 0. The van der Waals surface area contributed by atoms with Gasteiger partial charge in [0.15, 0.2) is 11.6 Å². The standard InChI is InChI=1S/C16H14ClF2NOS/c1-20(9-10-3-5-11(22-2)6-4-10)16(21)12-7-14(18)15(19)8-13(12)17/h3-8H,9H2,1-2H3. The molecule has 0 fully saturated rings. The van der Waals surface area contributed by atoms with Gasteiger partial charge in [0, 0.05) is 18.5 Å². The second-order valence-corrected chi connectivity index (χ2v) is 6.04. The molecule has 22 heavy (non-hydrogen) atoms. The zero-order valence-electron chi connectivity index (χ0n) is 12.1. The van der Waals surface area contributed by atoms with E-state index < -0.39 is 17.5 Å². The molecule has 0 aliphatic carbocycles. The number of hydrogen-bond acceptors (Lipinski definition) is 2. The highest BCUT2D eigenvalue weighted by Crippen LogP contribution is 2.22. The molecule has 6 heteroatoms. The maximum atomic E-state index is 13.3. The van der Waals surface area contributed by atoms with Gasteiger partial charge in [0.2, 0.25) is 0 Å². The van der Waals surface area contributed by atoms with Crippen LogP contribution in [0.1, 0.15) is 15.9 Å². The Labute approximate surface area is 137 Å². The Morgan fingerprint density at radius 1 is 1.18 bits per heavy atom. The van der Waals surface area contributed by atoms with Crippen molar-refractivity contribution in [3.05, 3.63) is 64.2 Å². The minimum Gasteiger partial charge on any atom is -0.337 e. The van der Waals surface area contributed by atoms with E-state index in [-0.39, 0.29) is 10.6 Å². The molecule has 0 spiro atoms. The molecular formula is C16H14ClF2NOS. The molecule has 0 atom stereocenters. The second-order valence-electron chi connectivity index (χ2n) is 4.76. The fourth-order valence-electron chi connectivity index (χ4n) is 1.97. The predicted octanol–water partition coefficient (Wildman–Crippen LogP) is 4.61. The monoisotopic (exact) mass is 341 g/mol.